The zero-order valence-electron chi connectivity index (χ0n) is 14.0. The molecule has 1 saturated heterocycles. The van der Waals surface area contributed by atoms with Crippen molar-refractivity contribution in [3.05, 3.63) is 24.2 Å². The van der Waals surface area contributed by atoms with Crippen LogP contribution in [0, 0.1) is 5.92 Å². The summed E-state index contributed by atoms with van der Waals surface area (Å²) in [5, 5.41) is 13.2. The van der Waals surface area contributed by atoms with Crippen LogP contribution >= 0.6 is 0 Å². The Balaban J connectivity index is 1.97. The van der Waals surface area contributed by atoms with Gasteiger partial charge in [-0.05, 0) is 37.8 Å². The van der Waals surface area contributed by atoms with Crippen LogP contribution in [-0.2, 0) is 4.79 Å². The van der Waals surface area contributed by atoms with Gasteiger partial charge in [0, 0.05) is 13.1 Å². The molecule has 23 heavy (non-hydrogen) atoms. The average molecular weight is 322 g/mol. The van der Waals surface area contributed by atoms with Crippen molar-refractivity contribution in [2.75, 3.05) is 13.1 Å². The van der Waals surface area contributed by atoms with Crippen LogP contribution in [0.2, 0.25) is 0 Å². The molecule has 128 valence electrons. The predicted molar refractivity (Wildman–Crippen MR) is 85.9 cm³/mol. The molecule has 1 aromatic rings. The van der Waals surface area contributed by atoms with E-state index in [-0.39, 0.29) is 30.0 Å². The van der Waals surface area contributed by atoms with Crippen molar-refractivity contribution in [1.82, 2.24) is 10.2 Å². The SMILES string of the molecule is CCC(C)C(C)(O)CNC(=O)C1CCCN1C(=O)c1ccco1. The molecule has 0 aromatic carbocycles. The lowest BCUT2D eigenvalue weighted by Gasteiger charge is -2.31. The lowest BCUT2D eigenvalue weighted by molar-refractivity contribution is -0.126. The highest BCUT2D eigenvalue weighted by Crippen LogP contribution is 2.22. The van der Waals surface area contributed by atoms with Gasteiger partial charge in [-0.15, -0.1) is 0 Å². The molecular formula is C17H26N2O4. The molecule has 2 heterocycles. The maximum Gasteiger partial charge on any atom is 0.290 e. The summed E-state index contributed by atoms with van der Waals surface area (Å²) in [6.45, 7) is 6.40. The van der Waals surface area contributed by atoms with Crippen LogP contribution in [0.3, 0.4) is 0 Å². The van der Waals surface area contributed by atoms with E-state index < -0.39 is 11.6 Å². The highest BCUT2D eigenvalue weighted by atomic mass is 16.3. The van der Waals surface area contributed by atoms with Gasteiger partial charge in [-0.1, -0.05) is 20.3 Å². The number of amides is 2. The number of hydrogen-bond acceptors (Lipinski definition) is 4. The molecule has 3 atom stereocenters. The quantitative estimate of drug-likeness (QED) is 0.836. The second-order valence-corrected chi connectivity index (χ2v) is 6.52. The number of likely N-dealkylation sites (tertiary alicyclic amines) is 1. The van der Waals surface area contributed by atoms with Gasteiger partial charge >= 0.3 is 0 Å². The Hall–Kier alpha value is -1.82. The summed E-state index contributed by atoms with van der Waals surface area (Å²) in [5.74, 6) is -0.157. The molecule has 1 aliphatic rings. The van der Waals surface area contributed by atoms with Crippen molar-refractivity contribution >= 4 is 11.8 Å². The van der Waals surface area contributed by atoms with E-state index >= 15 is 0 Å². The molecular weight excluding hydrogens is 296 g/mol. The Labute approximate surface area is 136 Å². The summed E-state index contributed by atoms with van der Waals surface area (Å²) in [7, 11) is 0. The molecule has 6 heteroatoms. The zero-order chi connectivity index (χ0) is 17.0. The molecule has 6 nitrogen and oxygen atoms in total. The van der Waals surface area contributed by atoms with Gasteiger partial charge in [0.05, 0.1) is 11.9 Å². The van der Waals surface area contributed by atoms with Gasteiger partial charge in [-0.2, -0.15) is 0 Å². The maximum absolute atomic E-state index is 12.4. The molecule has 0 bridgehead atoms. The van der Waals surface area contributed by atoms with Crippen LogP contribution in [0.25, 0.3) is 0 Å². The number of carbonyl (C=O) groups is 2. The summed E-state index contributed by atoms with van der Waals surface area (Å²) >= 11 is 0. The molecule has 2 rings (SSSR count). The van der Waals surface area contributed by atoms with E-state index in [2.05, 4.69) is 5.32 Å². The molecule has 2 amide bonds. The zero-order valence-corrected chi connectivity index (χ0v) is 14.0. The van der Waals surface area contributed by atoms with E-state index in [0.717, 1.165) is 12.8 Å². The highest BCUT2D eigenvalue weighted by molar-refractivity contribution is 5.95. The van der Waals surface area contributed by atoms with Crippen molar-refractivity contribution in [2.45, 2.75) is 51.7 Å². The Morgan fingerprint density at radius 1 is 1.57 bits per heavy atom. The molecule has 0 saturated carbocycles. The summed E-state index contributed by atoms with van der Waals surface area (Å²) < 4.78 is 5.13. The van der Waals surface area contributed by atoms with E-state index in [4.69, 9.17) is 4.42 Å². The van der Waals surface area contributed by atoms with Crippen LogP contribution in [0.1, 0.15) is 50.6 Å². The van der Waals surface area contributed by atoms with E-state index in [1.807, 2.05) is 13.8 Å². The first-order chi connectivity index (χ1) is 10.9. The Bertz CT molecular complexity index is 539. The number of nitrogens with one attached hydrogen (secondary N) is 1. The number of hydrogen-bond donors (Lipinski definition) is 2. The molecule has 0 aliphatic carbocycles. The lowest BCUT2D eigenvalue weighted by atomic mass is 9.88. The fourth-order valence-electron chi connectivity index (χ4n) is 2.82. The minimum absolute atomic E-state index is 0.0761. The van der Waals surface area contributed by atoms with Crippen molar-refractivity contribution in [2.24, 2.45) is 5.92 Å². The first kappa shape index (κ1) is 17.5. The fourth-order valence-corrected chi connectivity index (χ4v) is 2.82. The largest absolute Gasteiger partial charge is 0.459 e. The standard InChI is InChI=1S/C17H26N2O4/c1-4-12(2)17(3,22)11-18-15(20)13-7-5-9-19(13)16(21)14-8-6-10-23-14/h6,8,10,12-13,22H,4-5,7,9,11H2,1-3H3,(H,18,20). The van der Waals surface area contributed by atoms with Crippen molar-refractivity contribution in [3.63, 3.8) is 0 Å². The van der Waals surface area contributed by atoms with Crippen molar-refractivity contribution in [1.29, 1.82) is 0 Å². The Morgan fingerprint density at radius 2 is 2.30 bits per heavy atom. The molecule has 1 fully saturated rings. The second-order valence-electron chi connectivity index (χ2n) is 6.52. The third-order valence-corrected chi connectivity index (χ3v) is 4.84. The number of rotatable bonds is 6. The minimum Gasteiger partial charge on any atom is -0.459 e. The van der Waals surface area contributed by atoms with Crippen molar-refractivity contribution in [3.8, 4) is 0 Å². The van der Waals surface area contributed by atoms with Crippen LogP contribution in [-0.4, -0.2) is 46.6 Å². The van der Waals surface area contributed by atoms with E-state index in [0.29, 0.717) is 13.0 Å². The lowest BCUT2D eigenvalue weighted by Crippen LogP contribution is -2.51. The topological polar surface area (TPSA) is 82.8 Å². The van der Waals surface area contributed by atoms with Crippen LogP contribution in [0.4, 0.5) is 0 Å². The summed E-state index contributed by atoms with van der Waals surface area (Å²) in [6, 6.07) is 2.76. The first-order valence-electron chi connectivity index (χ1n) is 8.21. The van der Waals surface area contributed by atoms with Crippen LogP contribution < -0.4 is 5.32 Å². The number of nitrogens with zero attached hydrogens (tertiary/aromatic N) is 1. The molecule has 1 aliphatic heterocycles. The monoisotopic (exact) mass is 322 g/mol. The van der Waals surface area contributed by atoms with Gasteiger partial charge in [-0.3, -0.25) is 9.59 Å². The minimum atomic E-state index is -0.959. The Morgan fingerprint density at radius 3 is 2.91 bits per heavy atom. The number of furan rings is 1. The van der Waals surface area contributed by atoms with E-state index in [1.165, 1.54) is 6.26 Å². The summed E-state index contributed by atoms with van der Waals surface area (Å²) in [5.41, 5.74) is -0.959. The predicted octanol–water partition coefficient (Wildman–Crippen LogP) is 1.80. The fraction of sp³-hybridized carbons (Fsp3) is 0.647. The smallest absolute Gasteiger partial charge is 0.290 e. The molecule has 0 spiro atoms. The summed E-state index contributed by atoms with van der Waals surface area (Å²) in [4.78, 5) is 26.4. The van der Waals surface area contributed by atoms with Crippen LogP contribution in [0.15, 0.2) is 22.8 Å². The molecule has 2 N–H and O–H groups in total. The van der Waals surface area contributed by atoms with E-state index in [1.54, 1.807) is 24.0 Å². The Kier molecular flexibility index (Phi) is 5.46. The third-order valence-electron chi connectivity index (χ3n) is 4.84. The summed E-state index contributed by atoms with van der Waals surface area (Å²) in [6.07, 6.45) is 3.69. The van der Waals surface area contributed by atoms with Crippen molar-refractivity contribution < 1.29 is 19.1 Å². The second kappa shape index (κ2) is 7.17. The molecule has 0 radical (unpaired) electrons. The highest BCUT2D eigenvalue weighted by Gasteiger charge is 2.36. The van der Waals surface area contributed by atoms with Crippen LogP contribution in [0.5, 0.6) is 0 Å². The normalized spacial score (nSPS) is 21.7. The molecule has 3 unspecified atom stereocenters. The third kappa shape index (κ3) is 3.93. The molecule has 1 aromatic heterocycles. The maximum atomic E-state index is 12.4. The average Bonchev–Trinajstić information content (AvgIpc) is 3.21. The van der Waals surface area contributed by atoms with Gasteiger partial charge in [0.15, 0.2) is 5.76 Å². The van der Waals surface area contributed by atoms with Gasteiger partial charge in [0.1, 0.15) is 6.04 Å². The van der Waals surface area contributed by atoms with E-state index in [9.17, 15) is 14.7 Å². The first-order valence-corrected chi connectivity index (χ1v) is 8.21. The van der Waals surface area contributed by atoms with Gasteiger partial charge in [0.25, 0.3) is 5.91 Å². The van der Waals surface area contributed by atoms with Gasteiger partial charge < -0.3 is 19.7 Å². The van der Waals surface area contributed by atoms with Gasteiger partial charge in [0.2, 0.25) is 5.91 Å². The number of carbonyl (C=O) groups excluding carboxylic acids is 2. The number of aliphatic hydroxyl groups is 1. The van der Waals surface area contributed by atoms with Gasteiger partial charge in [-0.25, -0.2) is 0 Å².